The van der Waals surface area contributed by atoms with Crippen LogP contribution in [0.5, 0.6) is 0 Å². The van der Waals surface area contributed by atoms with Crippen molar-refractivity contribution >= 4 is 17.0 Å². The predicted molar refractivity (Wildman–Crippen MR) is 107 cm³/mol. The molecule has 0 aliphatic heterocycles. The van der Waals surface area contributed by atoms with E-state index in [9.17, 15) is 9.18 Å². The van der Waals surface area contributed by atoms with Crippen LogP contribution in [0.25, 0.3) is 16.1 Å². The first-order valence-electron chi connectivity index (χ1n) is 8.39. The highest BCUT2D eigenvalue weighted by Gasteiger charge is 2.08. The Labute approximate surface area is 159 Å². The first-order valence-corrected chi connectivity index (χ1v) is 9.21. The summed E-state index contributed by atoms with van der Waals surface area (Å²) in [6.07, 6.45) is 0. The van der Waals surface area contributed by atoms with Crippen LogP contribution in [0.4, 0.5) is 10.1 Å². The van der Waals surface area contributed by atoms with Crippen LogP contribution in [-0.4, -0.2) is 4.57 Å². The molecule has 0 aliphatic rings. The molecule has 27 heavy (non-hydrogen) atoms. The van der Waals surface area contributed by atoms with Gasteiger partial charge in [0.2, 0.25) is 0 Å². The second-order valence-corrected chi connectivity index (χ2v) is 6.87. The van der Waals surface area contributed by atoms with Crippen molar-refractivity contribution in [3.05, 3.63) is 112 Å². The Balaban J connectivity index is 1.98. The number of benzene rings is 3. The molecule has 0 saturated carbocycles. The van der Waals surface area contributed by atoms with Gasteiger partial charge in [0.05, 0.1) is 11.4 Å². The Bertz CT molecular complexity index is 1180. The smallest absolute Gasteiger partial charge is 0.258 e. The van der Waals surface area contributed by atoms with Gasteiger partial charge in [0, 0.05) is 10.9 Å². The van der Waals surface area contributed by atoms with Crippen LogP contribution in [0.1, 0.15) is 0 Å². The largest absolute Gasteiger partial charge is 0.269 e. The lowest BCUT2D eigenvalue weighted by atomic mass is 10.2. The lowest BCUT2D eigenvalue weighted by molar-refractivity contribution is 0.628. The van der Waals surface area contributed by atoms with E-state index < -0.39 is 0 Å². The summed E-state index contributed by atoms with van der Waals surface area (Å²) in [5, 5.41) is 0. The first kappa shape index (κ1) is 17.1. The molecule has 0 amide bonds. The van der Waals surface area contributed by atoms with Crippen LogP contribution in [-0.2, 0) is 0 Å². The highest BCUT2D eigenvalue weighted by Crippen LogP contribution is 2.21. The normalized spacial score (nSPS) is 11.5. The van der Waals surface area contributed by atoms with Crippen molar-refractivity contribution in [2.45, 2.75) is 0 Å². The van der Waals surface area contributed by atoms with E-state index in [1.54, 1.807) is 22.8 Å². The van der Waals surface area contributed by atoms with Gasteiger partial charge in [-0.2, -0.15) is 0 Å². The molecule has 0 atom stereocenters. The molecule has 0 radical (unpaired) electrons. The molecule has 0 N–H and O–H groups in total. The summed E-state index contributed by atoms with van der Waals surface area (Å²) >= 11 is 1.39. The van der Waals surface area contributed by atoms with Gasteiger partial charge >= 0.3 is 0 Å². The maximum absolute atomic E-state index is 13.3. The molecule has 0 bridgehead atoms. The van der Waals surface area contributed by atoms with Crippen molar-refractivity contribution in [1.29, 1.82) is 0 Å². The van der Waals surface area contributed by atoms with E-state index in [0.29, 0.717) is 4.80 Å². The average Bonchev–Trinajstić information content (AvgIpc) is 2.70. The van der Waals surface area contributed by atoms with Crippen LogP contribution in [0, 0.1) is 5.82 Å². The Hall–Kier alpha value is -3.31. The predicted octanol–water partition coefficient (Wildman–Crippen LogP) is 4.94. The molecule has 5 heteroatoms. The molecule has 3 nitrogen and oxygen atoms in total. The third-order valence-electron chi connectivity index (χ3n) is 3.99. The summed E-state index contributed by atoms with van der Waals surface area (Å²) in [4.78, 5) is 18.9. The van der Waals surface area contributed by atoms with Crippen molar-refractivity contribution in [3.63, 3.8) is 0 Å². The highest BCUT2D eigenvalue weighted by atomic mass is 32.1. The summed E-state index contributed by atoms with van der Waals surface area (Å²) in [5.74, 6) is -0.310. The fourth-order valence-corrected chi connectivity index (χ4v) is 3.75. The lowest BCUT2D eigenvalue weighted by Crippen LogP contribution is -2.29. The second kappa shape index (κ2) is 7.51. The molecular formula is C22H15FN2OS. The zero-order chi connectivity index (χ0) is 18.6. The van der Waals surface area contributed by atoms with Crippen LogP contribution in [0.2, 0.25) is 0 Å². The summed E-state index contributed by atoms with van der Waals surface area (Å²) in [7, 11) is 0. The van der Waals surface area contributed by atoms with Crippen molar-refractivity contribution in [2.75, 3.05) is 0 Å². The third kappa shape index (κ3) is 3.78. The number of rotatable bonds is 3. The lowest BCUT2D eigenvalue weighted by Gasteiger charge is -2.08. The molecular weight excluding hydrogens is 359 g/mol. The molecule has 0 aliphatic carbocycles. The van der Waals surface area contributed by atoms with Gasteiger partial charge in [-0.1, -0.05) is 59.9 Å². The van der Waals surface area contributed by atoms with Gasteiger partial charge < -0.3 is 0 Å². The molecule has 4 rings (SSSR count). The summed E-state index contributed by atoms with van der Waals surface area (Å²) in [5.41, 5.74) is 2.10. The number of aromatic nitrogens is 1. The Morgan fingerprint density at radius 1 is 0.815 bits per heavy atom. The number of nitrogens with zero attached hydrogens (tertiary/aromatic N) is 2. The Morgan fingerprint density at radius 2 is 1.44 bits per heavy atom. The molecule has 3 aromatic carbocycles. The molecule has 0 spiro atoms. The molecule has 132 valence electrons. The number of hydrogen-bond acceptors (Lipinski definition) is 3. The maximum atomic E-state index is 13.3. The van der Waals surface area contributed by atoms with Gasteiger partial charge in [0.1, 0.15) is 5.82 Å². The van der Waals surface area contributed by atoms with E-state index in [0.717, 1.165) is 21.8 Å². The number of halogens is 1. The monoisotopic (exact) mass is 374 g/mol. The van der Waals surface area contributed by atoms with E-state index in [1.165, 1.54) is 23.5 Å². The molecule has 0 unspecified atom stereocenters. The van der Waals surface area contributed by atoms with Crippen molar-refractivity contribution in [2.24, 2.45) is 4.99 Å². The minimum absolute atomic E-state index is 0.186. The van der Waals surface area contributed by atoms with E-state index in [2.05, 4.69) is 4.99 Å². The van der Waals surface area contributed by atoms with Crippen LogP contribution in [0.3, 0.4) is 0 Å². The second-order valence-electron chi connectivity index (χ2n) is 5.86. The van der Waals surface area contributed by atoms with Gasteiger partial charge in [-0.05, 0) is 42.0 Å². The first-order chi connectivity index (χ1) is 13.2. The van der Waals surface area contributed by atoms with Gasteiger partial charge in [-0.3, -0.25) is 9.36 Å². The fourth-order valence-electron chi connectivity index (χ4n) is 2.70. The molecule has 1 heterocycles. The Kier molecular flexibility index (Phi) is 4.77. The quantitative estimate of drug-likeness (QED) is 0.500. The summed E-state index contributed by atoms with van der Waals surface area (Å²) in [6.45, 7) is 0. The van der Waals surface area contributed by atoms with Gasteiger partial charge in [-0.25, -0.2) is 9.38 Å². The van der Waals surface area contributed by atoms with Crippen molar-refractivity contribution in [1.82, 2.24) is 4.57 Å². The molecule has 0 saturated heterocycles. The SMILES string of the molecule is O=c1cc(-c2ccc(F)cc2)sc(=Nc2ccccc2)n1-c1ccccc1. The standard InChI is InChI=1S/C22H15FN2OS/c23-17-13-11-16(12-14-17)20-15-21(26)25(19-9-5-2-6-10-19)22(27-20)24-18-7-3-1-4-8-18/h1-15H. The number of hydrogen-bond donors (Lipinski definition) is 0. The van der Waals surface area contributed by atoms with E-state index in [4.69, 9.17) is 0 Å². The van der Waals surface area contributed by atoms with Gasteiger partial charge in [0.25, 0.3) is 5.56 Å². The third-order valence-corrected chi connectivity index (χ3v) is 5.02. The van der Waals surface area contributed by atoms with Crippen molar-refractivity contribution in [3.8, 4) is 16.1 Å². The molecule has 4 aromatic rings. The number of para-hydroxylation sites is 2. The minimum Gasteiger partial charge on any atom is -0.269 e. The van der Waals surface area contributed by atoms with E-state index >= 15 is 0 Å². The van der Waals surface area contributed by atoms with E-state index in [-0.39, 0.29) is 11.4 Å². The zero-order valence-electron chi connectivity index (χ0n) is 14.2. The van der Waals surface area contributed by atoms with Crippen LogP contribution >= 0.6 is 11.3 Å². The highest BCUT2D eigenvalue weighted by molar-refractivity contribution is 7.12. The summed E-state index contributed by atoms with van der Waals surface area (Å²) < 4.78 is 14.8. The topological polar surface area (TPSA) is 34.4 Å². The van der Waals surface area contributed by atoms with Gasteiger partial charge in [0.15, 0.2) is 4.80 Å². The van der Waals surface area contributed by atoms with Crippen molar-refractivity contribution < 1.29 is 4.39 Å². The average molecular weight is 374 g/mol. The van der Waals surface area contributed by atoms with Gasteiger partial charge in [-0.15, -0.1) is 0 Å². The summed E-state index contributed by atoms with van der Waals surface area (Å²) in [6, 6.07) is 26.6. The fraction of sp³-hybridized carbons (Fsp3) is 0. The zero-order valence-corrected chi connectivity index (χ0v) is 15.1. The van der Waals surface area contributed by atoms with E-state index in [1.807, 2.05) is 60.7 Å². The molecule has 1 aromatic heterocycles. The molecule has 0 fully saturated rings. The van der Waals surface area contributed by atoms with Crippen LogP contribution < -0.4 is 10.4 Å². The Morgan fingerprint density at radius 3 is 2.11 bits per heavy atom. The maximum Gasteiger partial charge on any atom is 0.258 e. The van der Waals surface area contributed by atoms with Crippen LogP contribution in [0.15, 0.2) is 101 Å². The minimum atomic E-state index is -0.310.